The van der Waals surface area contributed by atoms with E-state index in [9.17, 15) is 4.79 Å². The molecule has 0 heterocycles. The van der Waals surface area contributed by atoms with Gasteiger partial charge in [-0.15, -0.1) is 0 Å². The average Bonchev–Trinajstić information content (AvgIpc) is 2.19. The molecule has 0 saturated carbocycles. The fourth-order valence-electron chi connectivity index (χ4n) is 0.825. The van der Waals surface area contributed by atoms with E-state index in [1.165, 1.54) is 6.21 Å². The lowest BCUT2D eigenvalue weighted by molar-refractivity contribution is -0.106. The van der Waals surface area contributed by atoms with Crippen LogP contribution in [0.2, 0.25) is 0 Å². The second-order valence-corrected chi connectivity index (χ2v) is 2.45. The second-order valence-electron chi connectivity index (χ2n) is 2.45. The van der Waals surface area contributed by atoms with Crippen LogP contribution in [0.25, 0.3) is 0 Å². The molecule has 0 bridgehead atoms. The first-order valence-corrected chi connectivity index (χ1v) is 4.05. The Balaban J connectivity index is 2.24. The van der Waals surface area contributed by atoms with E-state index in [0.29, 0.717) is 13.0 Å². The maximum atomic E-state index is 9.89. The number of benzene rings is 1. The van der Waals surface area contributed by atoms with E-state index >= 15 is 0 Å². The van der Waals surface area contributed by atoms with E-state index in [-0.39, 0.29) is 0 Å². The molecule has 1 rings (SSSR count). The van der Waals surface area contributed by atoms with Crippen LogP contribution in [0.1, 0.15) is 12.0 Å². The molecule has 0 aliphatic heterocycles. The summed E-state index contributed by atoms with van der Waals surface area (Å²) in [6.07, 6.45) is 2.51. The molecule has 1 aromatic rings. The van der Waals surface area contributed by atoms with E-state index in [1.807, 2.05) is 30.3 Å². The Bertz CT molecular complexity index is 270. The first-order valence-electron chi connectivity index (χ1n) is 4.05. The molecule has 0 radical (unpaired) electrons. The van der Waals surface area contributed by atoms with Gasteiger partial charge in [-0.3, -0.25) is 0 Å². The Hall–Kier alpha value is -1.64. The summed E-state index contributed by atoms with van der Waals surface area (Å²) in [5.74, 6) is 0. The summed E-state index contributed by atoms with van der Waals surface area (Å²) in [6, 6.07) is 9.73. The van der Waals surface area contributed by atoms with Crippen molar-refractivity contribution in [1.82, 2.24) is 0 Å². The zero-order chi connectivity index (χ0) is 9.36. The van der Waals surface area contributed by atoms with Crippen LogP contribution < -0.4 is 0 Å². The van der Waals surface area contributed by atoms with Gasteiger partial charge in [-0.05, 0) is 5.56 Å². The maximum absolute atomic E-state index is 9.89. The highest BCUT2D eigenvalue weighted by Gasteiger charge is 1.88. The number of oxime groups is 1. The molecule has 0 saturated heterocycles. The van der Waals surface area contributed by atoms with E-state index < -0.39 is 0 Å². The van der Waals surface area contributed by atoms with Crippen LogP contribution in [0.5, 0.6) is 0 Å². The van der Waals surface area contributed by atoms with Gasteiger partial charge in [0, 0.05) is 6.42 Å². The first kappa shape index (κ1) is 9.45. The summed E-state index contributed by atoms with van der Waals surface area (Å²) in [5.41, 5.74) is 1.06. The highest BCUT2D eigenvalue weighted by molar-refractivity contribution is 5.75. The van der Waals surface area contributed by atoms with Crippen LogP contribution in [0, 0.1) is 0 Å². The number of carbonyl (C=O) groups excluding carboxylic acids is 1. The van der Waals surface area contributed by atoms with Crippen molar-refractivity contribution in [2.24, 2.45) is 5.16 Å². The number of nitrogens with zero attached hydrogens (tertiary/aromatic N) is 1. The molecule has 0 amide bonds. The van der Waals surface area contributed by atoms with Crippen LogP contribution in [0.4, 0.5) is 0 Å². The predicted molar refractivity (Wildman–Crippen MR) is 50.4 cm³/mol. The Morgan fingerprint density at radius 1 is 1.31 bits per heavy atom. The van der Waals surface area contributed by atoms with Gasteiger partial charge in [0.2, 0.25) is 0 Å². The zero-order valence-corrected chi connectivity index (χ0v) is 7.22. The highest BCUT2D eigenvalue weighted by Crippen LogP contribution is 1.99. The third-order valence-corrected chi connectivity index (χ3v) is 1.42. The van der Waals surface area contributed by atoms with Crippen molar-refractivity contribution < 1.29 is 9.63 Å². The van der Waals surface area contributed by atoms with Crippen LogP contribution in [-0.4, -0.2) is 12.5 Å². The quantitative estimate of drug-likeness (QED) is 0.390. The molecular formula is C10H11NO2. The Morgan fingerprint density at radius 2 is 2.08 bits per heavy atom. The van der Waals surface area contributed by atoms with Crippen molar-refractivity contribution in [3.63, 3.8) is 0 Å². The fraction of sp³-hybridized carbons (Fsp3) is 0.200. The lowest BCUT2D eigenvalue weighted by atomic mass is 10.2. The summed E-state index contributed by atoms with van der Waals surface area (Å²) in [7, 11) is 0. The third kappa shape index (κ3) is 4.06. The topological polar surface area (TPSA) is 38.7 Å². The molecule has 0 aliphatic carbocycles. The minimum absolute atomic E-state index is 0.300. The molecule has 3 heteroatoms. The molecule has 68 valence electrons. The van der Waals surface area contributed by atoms with Crippen molar-refractivity contribution in [3.05, 3.63) is 35.9 Å². The van der Waals surface area contributed by atoms with E-state index in [4.69, 9.17) is 4.84 Å². The molecule has 0 atom stereocenters. The first-order chi connectivity index (χ1) is 6.43. The standard InChI is InChI=1S/C10H11NO2/c12-8-4-7-11-13-9-10-5-2-1-3-6-10/h1-3,5-8H,4,9H2. The summed E-state index contributed by atoms with van der Waals surface area (Å²) in [4.78, 5) is 14.8. The molecule has 0 aromatic heterocycles. The van der Waals surface area contributed by atoms with Crippen molar-refractivity contribution in [1.29, 1.82) is 0 Å². The lowest BCUT2D eigenvalue weighted by Gasteiger charge is -1.97. The van der Waals surface area contributed by atoms with Crippen molar-refractivity contribution in [2.45, 2.75) is 13.0 Å². The molecule has 3 nitrogen and oxygen atoms in total. The van der Waals surface area contributed by atoms with Crippen molar-refractivity contribution in [2.75, 3.05) is 0 Å². The number of hydrogen-bond acceptors (Lipinski definition) is 3. The third-order valence-electron chi connectivity index (χ3n) is 1.42. The van der Waals surface area contributed by atoms with Gasteiger partial charge in [-0.1, -0.05) is 35.5 Å². The molecule has 0 fully saturated rings. The summed E-state index contributed by atoms with van der Waals surface area (Å²) >= 11 is 0. The minimum atomic E-state index is 0.300. The van der Waals surface area contributed by atoms with Crippen molar-refractivity contribution in [3.8, 4) is 0 Å². The number of rotatable bonds is 5. The maximum Gasteiger partial charge on any atom is 0.142 e. The highest BCUT2D eigenvalue weighted by atomic mass is 16.6. The van der Waals surface area contributed by atoms with Crippen LogP contribution in [0.3, 0.4) is 0 Å². The molecule has 13 heavy (non-hydrogen) atoms. The van der Waals surface area contributed by atoms with Gasteiger partial charge >= 0.3 is 0 Å². The van der Waals surface area contributed by atoms with Crippen LogP contribution >= 0.6 is 0 Å². The normalized spacial score (nSPS) is 10.2. The molecule has 0 spiro atoms. The number of hydrogen-bond donors (Lipinski definition) is 0. The Labute approximate surface area is 77.0 Å². The van der Waals surface area contributed by atoms with E-state index in [1.54, 1.807) is 0 Å². The van der Waals surface area contributed by atoms with Gasteiger partial charge in [-0.2, -0.15) is 0 Å². The second kappa shape index (κ2) is 5.94. The zero-order valence-electron chi connectivity index (χ0n) is 7.22. The SMILES string of the molecule is O=CCC=NOCc1ccccc1. The average molecular weight is 177 g/mol. The monoisotopic (exact) mass is 177 g/mol. The fourth-order valence-corrected chi connectivity index (χ4v) is 0.825. The summed E-state index contributed by atoms with van der Waals surface area (Å²) in [6.45, 7) is 0.441. The van der Waals surface area contributed by atoms with Crippen LogP contribution in [-0.2, 0) is 16.2 Å². The predicted octanol–water partition coefficient (Wildman–Crippen LogP) is 1.78. The molecular weight excluding hydrogens is 166 g/mol. The minimum Gasteiger partial charge on any atom is -0.391 e. The molecule has 0 N–H and O–H groups in total. The number of carbonyl (C=O) groups is 1. The molecule has 1 aromatic carbocycles. The summed E-state index contributed by atoms with van der Waals surface area (Å²) in [5, 5.41) is 3.60. The van der Waals surface area contributed by atoms with Crippen LogP contribution in [0.15, 0.2) is 35.5 Å². The van der Waals surface area contributed by atoms with Gasteiger partial charge in [-0.25, -0.2) is 0 Å². The van der Waals surface area contributed by atoms with Crippen molar-refractivity contribution >= 4 is 12.5 Å². The van der Waals surface area contributed by atoms with Gasteiger partial charge in [0.15, 0.2) is 0 Å². The van der Waals surface area contributed by atoms with Gasteiger partial charge < -0.3 is 9.63 Å². The largest absolute Gasteiger partial charge is 0.391 e. The van der Waals surface area contributed by atoms with Gasteiger partial charge in [0.05, 0.1) is 6.21 Å². The van der Waals surface area contributed by atoms with Gasteiger partial charge in [0.1, 0.15) is 12.9 Å². The number of aldehydes is 1. The Kier molecular flexibility index (Phi) is 4.32. The summed E-state index contributed by atoms with van der Waals surface area (Å²) < 4.78 is 0. The smallest absolute Gasteiger partial charge is 0.142 e. The van der Waals surface area contributed by atoms with Gasteiger partial charge in [0.25, 0.3) is 0 Å². The van der Waals surface area contributed by atoms with E-state index in [0.717, 1.165) is 11.8 Å². The molecule has 0 unspecified atom stereocenters. The lowest BCUT2D eigenvalue weighted by Crippen LogP contribution is -1.86. The van der Waals surface area contributed by atoms with E-state index in [2.05, 4.69) is 5.16 Å². The molecule has 0 aliphatic rings. The Morgan fingerprint density at radius 3 is 2.77 bits per heavy atom.